The number of carbonyl (C=O) groups is 2. The summed E-state index contributed by atoms with van der Waals surface area (Å²) in [5.41, 5.74) is 2.17. The van der Waals surface area contributed by atoms with Gasteiger partial charge in [-0.2, -0.15) is 4.57 Å². The van der Waals surface area contributed by atoms with E-state index in [1.807, 2.05) is 18.2 Å². The Bertz CT molecular complexity index is 993. The molecule has 0 aliphatic carbocycles. The quantitative estimate of drug-likeness (QED) is 0.374. The van der Waals surface area contributed by atoms with Gasteiger partial charge in [-0.1, -0.05) is 35.1 Å². The maximum absolute atomic E-state index is 12.4. The average molecular weight is 386 g/mol. The predicted molar refractivity (Wildman–Crippen MR) is 103 cm³/mol. The standard InChI is InChI=1S/C20H18ClN2O2S/c1-13-22(17-12-14(21)8-9-18(17)26-13)10-4-5-11-23-19(24)15-6-2-3-7-16(15)20(23)25/h2-3,6-9,12H,4-5,10-11H2,1H3/q+1. The van der Waals surface area contributed by atoms with E-state index in [9.17, 15) is 9.59 Å². The molecule has 0 radical (unpaired) electrons. The molecule has 1 aliphatic heterocycles. The molecule has 0 unspecified atom stereocenters. The molecule has 6 heteroatoms. The second kappa shape index (κ2) is 6.82. The molecular weight excluding hydrogens is 368 g/mol. The Kier molecular flexibility index (Phi) is 4.51. The van der Waals surface area contributed by atoms with E-state index in [0.717, 1.165) is 29.9 Å². The molecule has 1 aromatic heterocycles. The first kappa shape index (κ1) is 17.2. The number of nitrogens with zero attached hydrogens (tertiary/aromatic N) is 2. The molecule has 3 aromatic rings. The molecule has 1 aliphatic rings. The fraction of sp³-hybridized carbons (Fsp3) is 0.250. The number of benzene rings is 2. The zero-order valence-corrected chi connectivity index (χ0v) is 15.9. The van der Waals surface area contributed by atoms with Gasteiger partial charge in [0.15, 0.2) is 0 Å². The topological polar surface area (TPSA) is 41.3 Å². The van der Waals surface area contributed by atoms with Crippen LogP contribution in [0.15, 0.2) is 42.5 Å². The van der Waals surface area contributed by atoms with Gasteiger partial charge >= 0.3 is 0 Å². The van der Waals surface area contributed by atoms with Gasteiger partial charge in [-0.15, -0.1) is 0 Å². The van der Waals surface area contributed by atoms with E-state index >= 15 is 0 Å². The molecule has 26 heavy (non-hydrogen) atoms. The van der Waals surface area contributed by atoms with Crippen molar-refractivity contribution in [3.8, 4) is 0 Å². The number of hydrogen-bond donors (Lipinski definition) is 0. The van der Waals surface area contributed by atoms with Crippen LogP contribution in [0.25, 0.3) is 10.2 Å². The highest BCUT2D eigenvalue weighted by molar-refractivity contribution is 7.18. The summed E-state index contributed by atoms with van der Waals surface area (Å²) in [6.07, 6.45) is 1.66. The first-order valence-corrected chi connectivity index (χ1v) is 9.79. The molecule has 2 heterocycles. The third-order valence-corrected chi connectivity index (χ3v) is 6.06. The molecule has 0 fully saturated rings. The summed E-state index contributed by atoms with van der Waals surface area (Å²) in [6, 6.07) is 13.0. The van der Waals surface area contributed by atoms with Crippen LogP contribution in [0.3, 0.4) is 0 Å². The lowest BCUT2D eigenvalue weighted by Crippen LogP contribution is -2.36. The van der Waals surface area contributed by atoms with Crippen molar-refractivity contribution < 1.29 is 14.2 Å². The molecule has 0 atom stereocenters. The lowest BCUT2D eigenvalue weighted by Gasteiger charge is -2.12. The minimum atomic E-state index is -0.179. The van der Waals surface area contributed by atoms with Crippen molar-refractivity contribution in [3.05, 3.63) is 63.6 Å². The zero-order chi connectivity index (χ0) is 18.3. The molecular formula is C20H18ClN2O2S+. The van der Waals surface area contributed by atoms with Crippen molar-refractivity contribution in [1.82, 2.24) is 4.90 Å². The van der Waals surface area contributed by atoms with E-state index in [1.54, 1.807) is 35.6 Å². The van der Waals surface area contributed by atoms with E-state index in [2.05, 4.69) is 11.5 Å². The number of amides is 2. The van der Waals surface area contributed by atoms with E-state index in [-0.39, 0.29) is 11.8 Å². The lowest BCUT2D eigenvalue weighted by atomic mass is 10.1. The van der Waals surface area contributed by atoms with E-state index in [0.29, 0.717) is 17.7 Å². The Labute approximate surface area is 160 Å². The van der Waals surface area contributed by atoms with Crippen molar-refractivity contribution in [2.45, 2.75) is 26.3 Å². The number of aromatic nitrogens is 1. The summed E-state index contributed by atoms with van der Waals surface area (Å²) in [7, 11) is 0. The summed E-state index contributed by atoms with van der Waals surface area (Å²) in [5, 5.41) is 1.96. The number of hydrogen-bond acceptors (Lipinski definition) is 3. The molecule has 0 bridgehead atoms. The van der Waals surface area contributed by atoms with Crippen LogP contribution in [0, 0.1) is 6.92 Å². The number of rotatable bonds is 5. The zero-order valence-electron chi connectivity index (χ0n) is 14.4. The second-order valence-corrected chi connectivity index (χ2v) is 8.07. The molecule has 2 amide bonds. The van der Waals surface area contributed by atoms with Gasteiger partial charge < -0.3 is 0 Å². The molecule has 2 aromatic carbocycles. The highest BCUT2D eigenvalue weighted by atomic mass is 35.5. The van der Waals surface area contributed by atoms with E-state index in [4.69, 9.17) is 11.6 Å². The van der Waals surface area contributed by atoms with Crippen LogP contribution in [0.2, 0.25) is 5.02 Å². The molecule has 0 saturated heterocycles. The van der Waals surface area contributed by atoms with Gasteiger partial charge in [-0.3, -0.25) is 14.5 Å². The SMILES string of the molecule is Cc1sc2ccc(Cl)cc2[n+]1CCCCN1C(=O)c2ccccc2C1=O. The highest BCUT2D eigenvalue weighted by Gasteiger charge is 2.34. The van der Waals surface area contributed by atoms with Crippen LogP contribution in [-0.4, -0.2) is 23.3 Å². The largest absolute Gasteiger partial charge is 0.274 e. The van der Waals surface area contributed by atoms with Gasteiger partial charge in [0, 0.05) is 31.0 Å². The van der Waals surface area contributed by atoms with Crippen LogP contribution in [0.5, 0.6) is 0 Å². The van der Waals surface area contributed by atoms with Crippen molar-refractivity contribution in [2.75, 3.05) is 6.54 Å². The smallest absolute Gasteiger partial charge is 0.261 e. The van der Waals surface area contributed by atoms with Crippen molar-refractivity contribution >= 4 is 45.0 Å². The number of thiazole rings is 1. The summed E-state index contributed by atoms with van der Waals surface area (Å²) in [5.74, 6) is -0.357. The third-order valence-electron chi connectivity index (χ3n) is 4.74. The summed E-state index contributed by atoms with van der Waals surface area (Å²) in [6.45, 7) is 3.40. The number of imide groups is 1. The van der Waals surface area contributed by atoms with Crippen LogP contribution in [-0.2, 0) is 6.54 Å². The van der Waals surface area contributed by atoms with Crippen molar-refractivity contribution in [3.63, 3.8) is 0 Å². The van der Waals surface area contributed by atoms with Crippen molar-refractivity contribution in [2.24, 2.45) is 0 Å². The molecule has 4 nitrogen and oxygen atoms in total. The molecule has 0 spiro atoms. The first-order chi connectivity index (χ1) is 12.6. The maximum Gasteiger partial charge on any atom is 0.261 e. The van der Waals surface area contributed by atoms with Gasteiger partial charge in [-0.25, -0.2) is 0 Å². The molecule has 132 valence electrons. The van der Waals surface area contributed by atoms with Gasteiger partial charge in [0.2, 0.25) is 10.5 Å². The Hall–Kier alpha value is -2.24. The van der Waals surface area contributed by atoms with Gasteiger partial charge in [-0.05, 0) is 30.7 Å². The van der Waals surface area contributed by atoms with Crippen molar-refractivity contribution in [1.29, 1.82) is 0 Å². The van der Waals surface area contributed by atoms with Crippen LogP contribution >= 0.6 is 22.9 Å². The Morgan fingerprint density at radius 3 is 2.42 bits per heavy atom. The summed E-state index contributed by atoms with van der Waals surface area (Å²) in [4.78, 5) is 26.1. The Morgan fingerprint density at radius 1 is 1.04 bits per heavy atom. The monoisotopic (exact) mass is 385 g/mol. The summed E-state index contributed by atoms with van der Waals surface area (Å²) < 4.78 is 3.47. The Morgan fingerprint density at radius 2 is 1.73 bits per heavy atom. The van der Waals surface area contributed by atoms with Gasteiger partial charge in [0.1, 0.15) is 11.2 Å². The maximum atomic E-state index is 12.4. The third kappa shape index (κ3) is 2.91. The molecule has 4 rings (SSSR count). The molecule has 0 saturated carbocycles. The normalized spacial score (nSPS) is 13.7. The van der Waals surface area contributed by atoms with Gasteiger partial charge in [0.05, 0.1) is 11.1 Å². The lowest BCUT2D eigenvalue weighted by molar-refractivity contribution is -0.673. The fourth-order valence-electron chi connectivity index (χ4n) is 3.43. The summed E-state index contributed by atoms with van der Waals surface area (Å²) >= 11 is 7.88. The van der Waals surface area contributed by atoms with E-state index in [1.165, 1.54) is 14.6 Å². The minimum Gasteiger partial charge on any atom is -0.274 e. The van der Waals surface area contributed by atoms with E-state index < -0.39 is 0 Å². The Balaban J connectivity index is 1.41. The average Bonchev–Trinajstić information content (AvgIpc) is 3.07. The van der Waals surface area contributed by atoms with Crippen LogP contribution in [0.4, 0.5) is 0 Å². The van der Waals surface area contributed by atoms with Crippen LogP contribution < -0.4 is 4.57 Å². The number of aryl methyl sites for hydroxylation is 2. The van der Waals surface area contributed by atoms with Crippen LogP contribution in [0.1, 0.15) is 38.6 Å². The van der Waals surface area contributed by atoms with Gasteiger partial charge in [0.25, 0.3) is 11.8 Å². The number of fused-ring (bicyclic) bond motifs is 2. The first-order valence-electron chi connectivity index (χ1n) is 8.60. The number of unbranched alkanes of at least 4 members (excludes halogenated alkanes) is 1. The predicted octanol–water partition coefficient (Wildman–Crippen LogP) is 4.23. The fourth-order valence-corrected chi connectivity index (χ4v) is 4.63. The minimum absolute atomic E-state index is 0.179. The number of halogens is 1. The number of carbonyl (C=O) groups excluding carboxylic acids is 2. The highest BCUT2D eigenvalue weighted by Crippen LogP contribution is 2.24. The molecule has 0 N–H and O–H groups in total. The second-order valence-electron chi connectivity index (χ2n) is 6.40.